The van der Waals surface area contributed by atoms with Crippen LogP contribution in [0.2, 0.25) is 5.02 Å². The van der Waals surface area contributed by atoms with Gasteiger partial charge in [0.1, 0.15) is 5.82 Å². The summed E-state index contributed by atoms with van der Waals surface area (Å²) >= 11 is 6.02. The van der Waals surface area contributed by atoms with Crippen molar-refractivity contribution in [2.24, 2.45) is 5.73 Å². The first-order valence-electron chi connectivity index (χ1n) is 6.34. The Morgan fingerprint density at radius 1 is 1.39 bits per heavy atom. The lowest BCUT2D eigenvalue weighted by Gasteiger charge is -2.18. The predicted molar refractivity (Wildman–Crippen MR) is 77.0 cm³/mol. The molecule has 0 radical (unpaired) electrons. The van der Waals surface area contributed by atoms with Crippen molar-refractivity contribution >= 4 is 22.6 Å². The molecule has 0 spiro atoms. The third kappa shape index (κ3) is 2.85. The van der Waals surface area contributed by atoms with Gasteiger partial charge in [-0.15, -0.1) is 0 Å². The molecule has 0 bridgehead atoms. The minimum absolute atomic E-state index is 0.253. The lowest BCUT2D eigenvalue weighted by atomic mass is 10.0. The van der Waals surface area contributed by atoms with Crippen LogP contribution >= 0.6 is 11.6 Å². The number of rotatable bonds is 4. The minimum atomic E-state index is -0.253. The molecule has 0 aliphatic heterocycles. The van der Waals surface area contributed by atoms with E-state index in [2.05, 4.69) is 16.5 Å². The van der Waals surface area contributed by atoms with Gasteiger partial charge in [-0.2, -0.15) is 0 Å². The Hall–Kier alpha value is -1.06. The van der Waals surface area contributed by atoms with Gasteiger partial charge in [0.2, 0.25) is 0 Å². The van der Waals surface area contributed by atoms with E-state index in [1.807, 2.05) is 32.0 Å². The molecule has 0 aliphatic rings. The second-order valence-corrected chi connectivity index (χ2v) is 5.91. The van der Waals surface area contributed by atoms with Crippen LogP contribution in [0.25, 0.3) is 11.0 Å². The van der Waals surface area contributed by atoms with Gasteiger partial charge in [0.25, 0.3) is 0 Å². The molecule has 2 rings (SSSR count). The Labute approximate surface area is 113 Å². The van der Waals surface area contributed by atoms with E-state index in [0.717, 1.165) is 41.3 Å². The van der Waals surface area contributed by atoms with Gasteiger partial charge in [0.15, 0.2) is 0 Å². The van der Waals surface area contributed by atoms with Gasteiger partial charge in [0, 0.05) is 23.5 Å². The maximum absolute atomic E-state index is 6.10. The Morgan fingerprint density at radius 3 is 2.72 bits per heavy atom. The number of nitrogens with two attached hydrogens (primary N) is 1. The van der Waals surface area contributed by atoms with Gasteiger partial charge in [-0.05, 0) is 38.5 Å². The van der Waals surface area contributed by atoms with Crippen LogP contribution in [-0.2, 0) is 13.0 Å². The topological polar surface area (TPSA) is 43.8 Å². The molecule has 2 aromatic rings. The van der Waals surface area contributed by atoms with Crippen molar-refractivity contribution in [2.75, 3.05) is 0 Å². The van der Waals surface area contributed by atoms with Gasteiger partial charge < -0.3 is 10.3 Å². The molecule has 18 heavy (non-hydrogen) atoms. The van der Waals surface area contributed by atoms with Crippen LogP contribution in [0.5, 0.6) is 0 Å². The average Bonchev–Trinajstić information content (AvgIpc) is 2.54. The minimum Gasteiger partial charge on any atom is -0.328 e. The second kappa shape index (κ2) is 4.90. The summed E-state index contributed by atoms with van der Waals surface area (Å²) in [6.07, 6.45) is 1.84. The summed E-state index contributed by atoms with van der Waals surface area (Å²) in [5, 5.41) is 0.724. The zero-order chi connectivity index (χ0) is 13.3. The van der Waals surface area contributed by atoms with Gasteiger partial charge in [-0.25, -0.2) is 4.98 Å². The zero-order valence-electron chi connectivity index (χ0n) is 11.2. The highest BCUT2D eigenvalue weighted by atomic mass is 35.5. The zero-order valence-corrected chi connectivity index (χ0v) is 12.0. The summed E-state index contributed by atoms with van der Waals surface area (Å²) in [5.41, 5.74) is 7.94. The lowest BCUT2D eigenvalue weighted by molar-refractivity contribution is 0.486. The van der Waals surface area contributed by atoms with Crippen molar-refractivity contribution in [1.29, 1.82) is 0 Å². The lowest BCUT2D eigenvalue weighted by Crippen LogP contribution is -2.35. The molecular weight excluding hydrogens is 246 g/mol. The van der Waals surface area contributed by atoms with E-state index >= 15 is 0 Å². The molecule has 98 valence electrons. The molecule has 0 saturated heterocycles. The highest BCUT2D eigenvalue weighted by Gasteiger charge is 2.18. The summed E-state index contributed by atoms with van der Waals surface area (Å²) in [6.45, 7) is 7.17. The first-order valence-corrected chi connectivity index (χ1v) is 6.72. The highest BCUT2D eigenvalue weighted by Crippen LogP contribution is 2.22. The quantitative estimate of drug-likeness (QED) is 0.921. The van der Waals surface area contributed by atoms with E-state index < -0.39 is 0 Å². The van der Waals surface area contributed by atoms with E-state index in [-0.39, 0.29) is 5.54 Å². The number of nitrogens with zero attached hydrogens (tertiary/aromatic N) is 2. The van der Waals surface area contributed by atoms with E-state index in [0.29, 0.717) is 0 Å². The highest BCUT2D eigenvalue weighted by molar-refractivity contribution is 6.31. The summed E-state index contributed by atoms with van der Waals surface area (Å²) in [5.74, 6) is 1.04. The van der Waals surface area contributed by atoms with Gasteiger partial charge in [-0.3, -0.25) is 0 Å². The van der Waals surface area contributed by atoms with E-state index in [1.54, 1.807) is 0 Å². The molecule has 0 fully saturated rings. The Balaban J connectivity index is 2.53. The standard InChI is InChI=1S/C14H20ClN3/c1-4-7-18-12-6-5-10(15)8-11(12)17-13(18)9-14(2,3)16/h5-6,8H,4,7,9,16H2,1-3H3. The van der Waals surface area contributed by atoms with Crippen molar-refractivity contribution in [1.82, 2.24) is 9.55 Å². The van der Waals surface area contributed by atoms with Crippen LogP contribution < -0.4 is 5.73 Å². The first-order chi connectivity index (χ1) is 8.40. The van der Waals surface area contributed by atoms with Crippen LogP contribution in [0.15, 0.2) is 18.2 Å². The molecular formula is C14H20ClN3. The van der Waals surface area contributed by atoms with Crippen molar-refractivity contribution in [3.8, 4) is 0 Å². The van der Waals surface area contributed by atoms with E-state index in [1.165, 1.54) is 0 Å². The molecule has 0 amide bonds. The third-order valence-corrected chi connectivity index (χ3v) is 3.09. The molecule has 0 aliphatic carbocycles. The number of halogens is 1. The molecule has 1 aromatic heterocycles. The molecule has 0 atom stereocenters. The van der Waals surface area contributed by atoms with Gasteiger partial charge in [0.05, 0.1) is 11.0 Å². The van der Waals surface area contributed by atoms with E-state index in [4.69, 9.17) is 17.3 Å². The fourth-order valence-electron chi connectivity index (χ4n) is 2.17. The molecule has 0 saturated carbocycles. The summed E-state index contributed by atoms with van der Waals surface area (Å²) in [4.78, 5) is 4.68. The number of fused-ring (bicyclic) bond motifs is 1. The number of imidazole rings is 1. The number of aryl methyl sites for hydroxylation is 1. The van der Waals surface area contributed by atoms with Crippen LogP contribution in [0.1, 0.15) is 33.0 Å². The SMILES string of the molecule is CCCn1c(CC(C)(C)N)nc2cc(Cl)ccc21. The molecule has 4 heteroatoms. The fraction of sp³-hybridized carbons (Fsp3) is 0.500. The molecule has 3 nitrogen and oxygen atoms in total. The molecule has 2 N–H and O–H groups in total. The Kier molecular flexibility index (Phi) is 3.64. The number of aromatic nitrogens is 2. The smallest absolute Gasteiger partial charge is 0.111 e. The Morgan fingerprint density at radius 2 is 2.11 bits per heavy atom. The van der Waals surface area contributed by atoms with E-state index in [9.17, 15) is 0 Å². The van der Waals surface area contributed by atoms with Crippen molar-refractivity contribution in [2.45, 2.75) is 45.7 Å². The summed E-state index contributed by atoms with van der Waals surface area (Å²) in [7, 11) is 0. The number of hydrogen-bond donors (Lipinski definition) is 1. The maximum Gasteiger partial charge on any atom is 0.111 e. The number of benzene rings is 1. The fourth-order valence-corrected chi connectivity index (χ4v) is 2.33. The molecule has 0 unspecified atom stereocenters. The third-order valence-electron chi connectivity index (χ3n) is 2.85. The van der Waals surface area contributed by atoms with Crippen LogP contribution in [-0.4, -0.2) is 15.1 Å². The normalized spacial score (nSPS) is 12.3. The summed E-state index contributed by atoms with van der Waals surface area (Å²) < 4.78 is 2.25. The average molecular weight is 266 g/mol. The van der Waals surface area contributed by atoms with Gasteiger partial charge >= 0.3 is 0 Å². The molecule has 1 aromatic carbocycles. The van der Waals surface area contributed by atoms with Crippen molar-refractivity contribution in [3.05, 3.63) is 29.0 Å². The largest absolute Gasteiger partial charge is 0.328 e. The number of hydrogen-bond acceptors (Lipinski definition) is 2. The predicted octanol–water partition coefficient (Wildman–Crippen LogP) is 3.38. The maximum atomic E-state index is 6.10. The van der Waals surface area contributed by atoms with Crippen LogP contribution in [0.3, 0.4) is 0 Å². The Bertz CT molecular complexity index is 552. The first kappa shape index (κ1) is 13.4. The van der Waals surface area contributed by atoms with Crippen molar-refractivity contribution in [3.63, 3.8) is 0 Å². The second-order valence-electron chi connectivity index (χ2n) is 5.48. The van der Waals surface area contributed by atoms with Crippen molar-refractivity contribution < 1.29 is 0 Å². The van der Waals surface area contributed by atoms with Crippen LogP contribution in [0, 0.1) is 0 Å². The summed E-state index contributed by atoms with van der Waals surface area (Å²) in [6, 6.07) is 5.86. The molecule has 1 heterocycles. The van der Waals surface area contributed by atoms with Gasteiger partial charge in [-0.1, -0.05) is 18.5 Å². The monoisotopic (exact) mass is 265 g/mol. The van der Waals surface area contributed by atoms with Crippen LogP contribution in [0.4, 0.5) is 0 Å².